The van der Waals surface area contributed by atoms with Crippen molar-refractivity contribution in [2.45, 2.75) is 0 Å². The molecule has 1 aromatic heterocycles. The molecule has 3 nitrogen and oxygen atoms in total. The van der Waals surface area contributed by atoms with Crippen LogP contribution >= 0.6 is 39.9 Å². The van der Waals surface area contributed by atoms with E-state index in [0.717, 1.165) is 52.4 Å². The SMILES string of the molecule is Cl.Clc1ccc2nc(N3CCNCC3)c(Br)cc2c1. The van der Waals surface area contributed by atoms with Gasteiger partial charge in [-0.05, 0) is 40.2 Å². The molecule has 6 heteroatoms. The highest BCUT2D eigenvalue weighted by molar-refractivity contribution is 9.10. The summed E-state index contributed by atoms with van der Waals surface area (Å²) < 4.78 is 1.03. The zero-order valence-corrected chi connectivity index (χ0v) is 13.4. The number of fused-ring (bicyclic) bond motifs is 1. The van der Waals surface area contributed by atoms with E-state index in [0.29, 0.717) is 0 Å². The fourth-order valence-corrected chi connectivity index (χ4v) is 2.98. The Hall–Kier alpha value is -0.550. The highest BCUT2D eigenvalue weighted by Crippen LogP contribution is 2.29. The van der Waals surface area contributed by atoms with Crippen LogP contribution in [0.1, 0.15) is 0 Å². The molecule has 0 amide bonds. The van der Waals surface area contributed by atoms with Gasteiger partial charge in [0.05, 0.1) is 9.99 Å². The first kappa shape index (κ1) is 14.9. The Bertz CT molecular complexity index is 585. The summed E-state index contributed by atoms with van der Waals surface area (Å²) in [4.78, 5) is 7.03. The smallest absolute Gasteiger partial charge is 0.143 e. The summed E-state index contributed by atoms with van der Waals surface area (Å²) in [6.45, 7) is 3.99. The fourth-order valence-electron chi connectivity index (χ4n) is 2.21. The second-order valence-corrected chi connectivity index (χ2v) is 5.66. The maximum Gasteiger partial charge on any atom is 0.143 e. The van der Waals surface area contributed by atoms with Gasteiger partial charge < -0.3 is 10.2 Å². The summed E-state index contributed by atoms with van der Waals surface area (Å²) in [5, 5.41) is 5.15. The number of nitrogens with one attached hydrogen (secondary N) is 1. The van der Waals surface area contributed by atoms with Crippen molar-refractivity contribution in [3.8, 4) is 0 Å². The van der Waals surface area contributed by atoms with Crippen molar-refractivity contribution in [3.05, 3.63) is 33.8 Å². The van der Waals surface area contributed by atoms with Gasteiger partial charge in [0.1, 0.15) is 5.82 Å². The van der Waals surface area contributed by atoms with Gasteiger partial charge in [-0.25, -0.2) is 4.98 Å². The summed E-state index contributed by atoms with van der Waals surface area (Å²) in [5.41, 5.74) is 0.983. The topological polar surface area (TPSA) is 28.2 Å². The third-order valence-electron chi connectivity index (χ3n) is 3.13. The molecule has 19 heavy (non-hydrogen) atoms. The maximum absolute atomic E-state index is 6.00. The van der Waals surface area contributed by atoms with Gasteiger partial charge in [0.15, 0.2) is 0 Å². The van der Waals surface area contributed by atoms with Crippen molar-refractivity contribution >= 4 is 56.7 Å². The maximum atomic E-state index is 6.00. The Morgan fingerprint density at radius 3 is 2.68 bits per heavy atom. The van der Waals surface area contributed by atoms with Gasteiger partial charge in [0, 0.05) is 36.6 Å². The van der Waals surface area contributed by atoms with E-state index in [1.807, 2.05) is 18.2 Å². The number of piperazine rings is 1. The highest BCUT2D eigenvalue weighted by atomic mass is 79.9. The Morgan fingerprint density at radius 1 is 1.21 bits per heavy atom. The van der Waals surface area contributed by atoms with E-state index in [-0.39, 0.29) is 12.4 Å². The second kappa shape index (κ2) is 6.27. The van der Waals surface area contributed by atoms with E-state index < -0.39 is 0 Å². The van der Waals surface area contributed by atoms with Crippen LogP contribution in [0.2, 0.25) is 5.02 Å². The lowest BCUT2D eigenvalue weighted by molar-refractivity contribution is 0.585. The third-order valence-corrected chi connectivity index (χ3v) is 3.95. The summed E-state index contributed by atoms with van der Waals surface area (Å²) in [6.07, 6.45) is 0. The molecule has 1 saturated heterocycles. The molecule has 2 heterocycles. The molecule has 1 fully saturated rings. The van der Waals surface area contributed by atoms with Gasteiger partial charge in [0.25, 0.3) is 0 Å². The molecule has 0 bridgehead atoms. The van der Waals surface area contributed by atoms with E-state index in [2.05, 4.69) is 32.2 Å². The van der Waals surface area contributed by atoms with E-state index in [1.54, 1.807) is 0 Å². The number of benzene rings is 1. The normalized spacial score (nSPS) is 15.4. The number of hydrogen-bond acceptors (Lipinski definition) is 3. The average molecular weight is 363 g/mol. The largest absolute Gasteiger partial charge is 0.353 e. The van der Waals surface area contributed by atoms with Crippen molar-refractivity contribution in [2.24, 2.45) is 0 Å². The van der Waals surface area contributed by atoms with Crippen LogP contribution in [0.5, 0.6) is 0 Å². The predicted octanol–water partition coefficient (Wildman–Crippen LogP) is 3.48. The van der Waals surface area contributed by atoms with Crippen molar-refractivity contribution < 1.29 is 0 Å². The standard InChI is InChI=1S/C13H13BrClN3.ClH/c14-11-8-9-7-10(15)1-2-12(9)17-13(11)18-5-3-16-4-6-18;/h1-2,7-8,16H,3-6H2;1H. The first-order chi connectivity index (χ1) is 8.74. The summed E-state index contributed by atoms with van der Waals surface area (Å²) in [5.74, 6) is 1.02. The van der Waals surface area contributed by atoms with Crippen molar-refractivity contribution in [3.63, 3.8) is 0 Å². The Kier molecular flexibility index (Phi) is 4.90. The molecule has 1 aliphatic rings. The first-order valence-corrected chi connectivity index (χ1v) is 7.12. The quantitative estimate of drug-likeness (QED) is 0.841. The molecule has 2 aromatic rings. The minimum Gasteiger partial charge on any atom is -0.353 e. The molecule has 1 N–H and O–H groups in total. The van der Waals surface area contributed by atoms with Crippen LogP contribution in [0.15, 0.2) is 28.7 Å². The second-order valence-electron chi connectivity index (χ2n) is 4.37. The van der Waals surface area contributed by atoms with E-state index in [9.17, 15) is 0 Å². The Labute approximate surface area is 131 Å². The minimum atomic E-state index is 0. The minimum absolute atomic E-state index is 0. The van der Waals surface area contributed by atoms with Crippen LogP contribution in [-0.4, -0.2) is 31.2 Å². The molecule has 0 aliphatic carbocycles. The highest BCUT2D eigenvalue weighted by Gasteiger charge is 2.15. The molecule has 0 spiro atoms. The average Bonchev–Trinajstić information content (AvgIpc) is 2.39. The Morgan fingerprint density at radius 2 is 1.95 bits per heavy atom. The fraction of sp³-hybridized carbons (Fsp3) is 0.308. The van der Waals surface area contributed by atoms with Crippen LogP contribution in [0.25, 0.3) is 10.9 Å². The molecule has 0 saturated carbocycles. The van der Waals surface area contributed by atoms with Crippen molar-refractivity contribution in [1.82, 2.24) is 10.3 Å². The van der Waals surface area contributed by atoms with Crippen LogP contribution in [-0.2, 0) is 0 Å². The third kappa shape index (κ3) is 3.14. The number of nitrogens with zero attached hydrogens (tertiary/aromatic N) is 2. The zero-order valence-electron chi connectivity index (χ0n) is 10.2. The van der Waals surface area contributed by atoms with Crippen LogP contribution < -0.4 is 10.2 Å². The lowest BCUT2D eigenvalue weighted by Crippen LogP contribution is -2.44. The molecular formula is C13H14BrCl2N3. The first-order valence-electron chi connectivity index (χ1n) is 5.95. The number of halogens is 3. The summed E-state index contributed by atoms with van der Waals surface area (Å²) >= 11 is 9.61. The lowest BCUT2D eigenvalue weighted by Gasteiger charge is -2.29. The predicted molar refractivity (Wildman–Crippen MR) is 86.8 cm³/mol. The van der Waals surface area contributed by atoms with Gasteiger partial charge >= 0.3 is 0 Å². The Balaban J connectivity index is 0.00000133. The van der Waals surface area contributed by atoms with E-state index in [1.165, 1.54) is 0 Å². The number of aromatic nitrogens is 1. The molecule has 102 valence electrons. The van der Waals surface area contributed by atoms with Crippen molar-refractivity contribution in [1.29, 1.82) is 0 Å². The molecular weight excluding hydrogens is 349 g/mol. The molecule has 1 aromatic carbocycles. The van der Waals surface area contributed by atoms with Crippen LogP contribution in [0.4, 0.5) is 5.82 Å². The van der Waals surface area contributed by atoms with Gasteiger partial charge in [0.2, 0.25) is 0 Å². The van der Waals surface area contributed by atoms with Gasteiger partial charge in [-0.3, -0.25) is 0 Å². The molecule has 1 aliphatic heterocycles. The molecule has 0 atom stereocenters. The number of anilines is 1. The molecule has 0 radical (unpaired) electrons. The number of rotatable bonds is 1. The van der Waals surface area contributed by atoms with E-state index >= 15 is 0 Å². The lowest BCUT2D eigenvalue weighted by atomic mass is 10.2. The monoisotopic (exact) mass is 361 g/mol. The molecule has 3 rings (SSSR count). The van der Waals surface area contributed by atoms with Crippen LogP contribution in [0.3, 0.4) is 0 Å². The summed E-state index contributed by atoms with van der Waals surface area (Å²) in [6, 6.07) is 7.88. The van der Waals surface area contributed by atoms with Crippen LogP contribution in [0, 0.1) is 0 Å². The van der Waals surface area contributed by atoms with Gasteiger partial charge in [-0.1, -0.05) is 11.6 Å². The van der Waals surface area contributed by atoms with Crippen molar-refractivity contribution in [2.75, 3.05) is 31.1 Å². The number of hydrogen-bond donors (Lipinski definition) is 1. The zero-order chi connectivity index (χ0) is 12.5. The van der Waals surface area contributed by atoms with Gasteiger partial charge in [-0.2, -0.15) is 0 Å². The van der Waals surface area contributed by atoms with Gasteiger partial charge in [-0.15, -0.1) is 12.4 Å². The molecule has 0 unspecified atom stereocenters. The number of pyridine rings is 1. The summed E-state index contributed by atoms with van der Waals surface area (Å²) in [7, 11) is 0. The van der Waals surface area contributed by atoms with E-state index in [4.69, 9.17) is 16.6 Å².